The molecule has 276 valence electrons. The van der Waals surface area contributed by atoms with Gasteiger partial charge in [0.2, 0.25) is 0 Å². The monoisotopic (exact) mass is 716 g/mol. The van der Waals surface area contributed by atoms with Gasteiger partial charge in [-0.25, -0.2) is 4.79 Å². The van der Waals surface area contributed by atoms with Gasteiger partial charge in [0.1, 0.15) is 23.9 Å². The Balaban J connectivity index is 1.19. The number of likely N-dealkylation sites (tertiary alicyclic amines) is 1. The molecule has 1 saturated heterocycles. The third-order valence-electron chi connectivity index (χ3n) is 9.54. The van der Waals surface area contributed by atoms with Gasteiger partial charge in [0.25, 0.3) is 0 Å². The lowest BCUT2D eigenvalue weighted by Crippen LogP contribution is -2.55. The van der Waals surface area contributed by atoms with Gasteiger partial charge in [-0.15, -0.1) is 0 Å². The highest BCUT2D eigenvalue weighted by Crippen LogP contribution is 2.38. The van der Waals surface area contributed by atoms with Crippen molar-refractivity contribution in [1.29, 1.82) is 0 Å². The van der Waals surface area contributed by atoms with E-state index in [0.29, 0.717) is 44.1 Å². The molecule has 2 aliphatic rings. The predicted molar refractivity (Wildman–Crippen MR) is 194 cm³/mol. The van der Waals surface area contributed by atoms with Crippen molar-refractivity contribution in [2.24, 2.45) is 0 Å². The highest BCUT2D eigenvalue weighted by molar-refractivity contribution is 5.66. The van der Waals surface area contributed by atoms with E-state index in [0.717, 1.165) is 47.6 Å². The van der Waals surface area contributed by atoms with Gasteiger partial charge in [0, 0.05) is 32.7 Å². The first-order chi connectivity index (χ1) is 25.3. The van der Waals surface area contributed by atoms with Crippen molar-refractivity contribution in [1.82, 2.24) is 4.90 Å². The zero-order valence-electron chi connectivity index (χ0n) is 29.4. The molecule has 1 fully saturated rings. The minimum absolute atomic E-state index is 0.162. The maximum Gasteiger partial charge on any atom is 0.407 e. The highest BCUT2D eigenvalue weighted by Gasteiger charge is 2.42. The summed E-state index contributed by atoms with van der Waals surface area (Å²) in [4.78, 5) is 16.4. The number of halogens is 2. The van der Waals surface area contributed by atoms with Gasteiger partial charge in [-0.3, -0.25) is 0 Å². The molecular formula is C41H46F2N2O7. The number of amides is 1. The van der Waals surface area contributed by atoms with Crippen LogP contribution in [0, 0.1) is 0 Å². The number of fused-ring (bicyclic) bond motifs is 1. The highest BCUT2D eigenvalue weighted by atomic mass is 19.3. The van der Waals surface area contributed by atoms with E-state index < -0.39 is 37.4 Å². The Morgan fingerprint density at radius 1 is 0.885 bits per heavy atom. The molecule has 4 aromatic carbocycles. The molecule has 0 aliphatic carbocycles. The lowest BCUT2D eigenvalue weighted by Gasteiger charge is -2.44. The summed E-state index contributed by atoms with van der Waals surface area (Å²) in [5.74, 6) is -1.87. The molecule has 3 atom stereocenters. The molecule has 4 aromatic rings. The van der Waals surface area contributed by atoms with E-state index in [2.05, 4.69) is 11.0 Å². The van der Waals surface area contributed by atoms with E-state index in [1.54, 1.807) is 49.6 Å². The quantitative estimate of drug-likeness (QED) is 0.118. The lowest BCUT2D eigenvalue weighted by molar-refractivity contribution is -0.0729. The fraction of sp³-hybridized carbons (Fsp3) is 0.390. The van der Waals surface area contributed by atoms with Crippen LogP contribution in [0.25, 0.3) is 0 Å². The molecular weight excluding hydrogens is 670 g/mol. The number of carbonyl (C=O) groups is 1. The van der Waals surface area contributed by atoms with Crippen LogP contribution in [0.5, 0.6) is 17.2 Å². The summed E-state index contributed by atoms with van der Waals surface area (Å²) in [6, 6.07) is 30.9. The second-order valence-electron chi connectivity index (χ2n) is 13.2. The molecule has 1 amide bonds. The second-order valence-corrected chi connectivity index (χ2v) is 13.2. The number of rotatable bonds is 16. The molecule has 2 aliphatic heterocycles. The van der Waals surface area contributed by atoms with Crippen molar-refractivity contribution in [2.75, 3.05) is 58.1 Å². The zero-order chi connectivity index (χ0) is 36.3. The number of benzene rings is 4. The lowest BCUT2D eigenvalue weighted by atomic mass is 9.80. The van der Waals surface area contributed by atoms with Crippen LogP contribution in [-0.4, -0.2) is 87.3 Å². The molecule has 11 heteroatoms. The van der Waals surface area contributed by atoms with Crippen molar-refractivity contribution >= 4 is 11.8 Å². The van der Waals surface area contributed by atoms with Gasteiger partial charge in [-0.05, 0) is 72.4 Å². The van der Waals surface area contributed by atoms with E-state index in [1.165, 1.54) is 4.90 Å². The van der Waals surface area contributed by atoms with Crippen LogP contribution in [0.2, 0.25) is 0 Å². The Bertz CT molecular complexity index is 1710. The van der Waals surface area contributed by atoms with E-state index in [1.807, 2.05) is 54.6 Å². The number of methoxy groups -OCH3 is 1. The minimum atomic E-state index is -3.20. The van der Waals surface area contributed by atoms with Crippen LogP contribution >= 0.6 is 0 Å². The maximum absolute atomic E-state index is 14.6. The minimum Gasteiger partial charge on any atom is -0.490 e. The summed E-state index contributed by atoms with van der Waals surface area (Å²) in [7, 11) is 1.70. The molecule has 2 heterocycles. The molecule has 0 aromatic heterocycles. The Labute approximate surface area is 303 Å². The van der Waals surface area contributed by atoms with Crippen molar-refractivity contribution < 1.29 is 42.4 Å². The zero-order valence-corrected chi connectivity index (χ0v) is 29.4. The number of piperidine rings is 1. The smallest absolute Gasteiger partial charge is 0.407 e. The first-order valence-electron chi connectivity index (χ1n) is 17.7. The van der Waals surface area contributed by atoms with Gasteiger partial charge >= 0.3 is 12.0 Å². The van der Waals surface area contributed by atoms with Crippen molar-refractivity contribution in [3.63, 3.8) is 0 Å². The SMILES string of the molecule is COCCCN1CCOc2ccc(COC3C(c4ccc(OCC(F)(F)COc5ccccc5)cc4)CCN(C(=O)O)C3Cc3ccccc3)cc21. The Hall–Kier alpha value is -4.87. The van der Waals surface area contributed by atoms with Gasteiger partial charge in [-0.2, -0.15) is 8.78 Å². The number of nitrogens with zero attached hydrogens (tertiary/aromatic N) is 2. The number of para-hydroxylation sites is 1. The summed E-state index contributed by atoms with van der Waals surface area (Å²) < 4.78 is 58.0. The van der Waals surface area contributed by atoms with Gasteiger partial charge < -0.3 is 38.6 Å². The summed E-state index contributed by atoms with van der Waals surface area (Å²) >= 11 is 0. The topological polar surface area (TPSA) is 89.9 Å². The first kappa shape index (κ1) is 36.9. The summed E-state index contributed by atoms with van der Waals surface area (Å²) in [6.07, 6.45) is 0.401. The number of ether oxygens (including phenoxy) is 5. The fourth-order valence-electron chi connectivity index (χ4n) is 6.94. The van der Waals surface area contributed by atoms with Gasteiger partial charge in [-0.1, -0.05) is 66.7 Å². The maximum atomic E-state index is 14.6. The Morgan fingerprint density at radius 3 is 2.27 bits per heavy atom. The van der Waals surface area contributed by atoms with Crippen LogP contribution < -0.4 is 19.1 Å². The third kappa shape index (κ3) is 9.71. The molecule has 0 radical (unpaired) electrons. The summed E-state index contributed by atoms with van der Waals surface area (Å²) in [5.41, 5.74) is 3.88. The summed E-state index contributed by atoms with van der Waals surface area (Å²) in [6.45, 7) is 1.85. The Morgan fingerprint density at radius 2 is 1.58 bits per heavy atom. The van der Waals surface area contributed by atoms with Gasteiger partial charge in [0.15, 0.2) is 13.2 Å². The molecule has 52 heavy (non-hydrogen) atoms. The van der Waals surface area contributed by atoms with E-state index in [-0.39, 0.29) is 12.5 Å². The second kappa shape index (κ2) is 17.6. The largest absolute Gasteiger partial charge is 0.490 e. The standard InChI is InChI=1S/C41H46F2N2O7/c1-48-23-8-20-44-22-24-49-38-18-13-31(26-36(38)44)27-50-39-35(19-21-45(40(46)47)37(39)25-30-9-4-2-5-10-30)32-14-16-34(17-15-32)52-29-41(42,43)28-51-33-11-6-3-7-12-33/h2-7,9-18,26,35,37,39H,8,19-25,27-29H2,1H3,(H,46,47). The molecule has 6 rings (SSSR count). The first-order valence-corrected chi connectivity index (χ1v) is 17.7. The number of anilines is 1. The average molecular weight is 717 g/mol. The van der Waals surface area contributed by atoms with Crippen LogP contribution in [0.3, 0.4) is 0 Å². The van der Waals surface area contributed by atoms with Crippen molar-refractivity contribution in [2.45, 2.75) is 49.9 Å². The number of hydrogen-bond acceptors (Lipinski definition) is 7. The molecule has 1 N–H and O–H groups in total. The fourth-order valence-corrected chi connectivity index (χ4v) is 6.94. The molecule has 3 unspecified atom stereocenters. The average Bonchev–Trinajstić information content (AvgIpc) is 3.17. The number of hydrogen-bond donors (Lipinski definition) is 1. The van der Waals surface area contributed by atoms with Crippen LogP contribution in [0.4, 0.5) is 19.3 Å². The predicted octanol–water partition coefficient (Wildman–Crippen LogP) is 7.68. The van der Waals surface area contributed by atoms with E-state index in [4.69, 9.17) is 23.7 Å². The number of carboxylic acid groups (broad SMARTS) is 1. The Kier molecular flexibility index (Phi) is 12.5. The number of alkyl halides is 2. The molecule has 0 spiro atoms. The molecule has 0 saturated carbocycles. The molecule has 0 bridgehead atoms. The van der Waals surface area contributed by atoms with Crippen LogP contribution in [0.15, 0.2) is 103 Å². The van der Waals surface area contributed by atoms with Crippen LogP contribution in [-0.2, 0) is 22.5 Å². The van der Waals surface area contributed by atoms with E-state index >= 15 is 0 Å². The van der Waals surface area contributed by atoms with Crippen molar-refractivity contribution in [3.8, 4) is 17.2 Å². The van der Waals surface area contributed by atoms with Crippen LogP contribution in [0.1, 0.15) is 35.4 Å². The van der Waals surface area contributed by atoms with Crippen molar-refractivity contribution in [3.05, 3.63) is 120 Å². The van der Waals surface area contributed by atoms with Gasteiger partial charge in [0.05, 0.1) is 31.0 Å². The third-order valence-corrected chi connectivity index (χ3v) is 9.54. The van der Waals surface area contributed by atoms with E-state index in [9.17, 15) is 18.7 Å². The molecule has 9 nitrogen and oxygen atoms in total. The normalized spacial score (nSPS) is 18.7. The summed E-state index contributed by atoms with van der Waals surface area (Å²) in [5, 5.41) is 10.3.